The number of β-amino-alcohol motifs (C(OH)–C–C–N with tert-alkyl or cyclic N) is 1. The number of ether oxygens (including phenoxy) is 1. The van der Waals surface area contributed by atoms with Gasteiger partial charge in [-0.25, -0.2) is 12.8 Å². The normalized spacial score (nSPS) is 22.6. The van der Waals surface area contributed by atoms with Gasteiger partial charge in [0.2, 0.25) is 5.09 Å². The van der Waals surface area contributed by atoms with Gasteiger partial charge in [0.25, 0.3) is 10.0 Å². The van der Waals surface area contributed by atoms with E-state index in [9.17, 15) is 22.7 Å². The molecule has 0 amide bonds. The van der Waals surface area contributed by atoms with Crippen molar-refractivity contribution in [2.24, 2.45) is 0 Å². The highest BCUT2D eigenvalue weighted by Gasteiger charge is 2.45. The molecule has 124 valence electrons. The van der Waals surface area contributed by atoms with Gasteiger partial charge in [0.1, 0.15) is 17.4 Å². The van der Waals surface area contributed by atoms with Gasteiger partial charge in [-0.05, 0) is 18.2 Å². The van der Waals surface area contributed by atoms with Gasteiger partial charge in [-0.1, -0.05) is 0 Å². The number of carbonyl (C=O) groups excluding carboxylic acids is 1. The number of hydrogen-bond acceptors (Lipinski definition) is 6. The van der Waals surface area contributed by atoms with Gasteiger partial charge in [-0.3, -0.25) is 4.79 Å². The number of aliphatic hydroxyl groups is 1. The maximum Gasteiger partial charge on any atom is 0.324 e. The van der Waals surface area contributed by atoms with E-state index in [1.807, 2.05) is 0 Å². The zero-order valence-corrected chi connectivity index (χ0v) is 12.9. The summed E-state index contributed by atoms with van der Waals surface area (Å²) in [4.78, 5) is 11.7. The van der Waals surface area contributed by atoms with Crippen LogP contribution in [0.5, 0.6) is 0 Å². The van der Waals surface area contributed by atoms with Crippen molar-refractivity contribution in [1.29, 1.82) is 0 Å². The first-order chi connectivity index (χ1) is 10.8. The van der Waals surface area contributed by atoms with Crippen LogP contribution in [0.15, 0.2) is 33.8 Å². The lowest BCUT2D eigenvalue weighted by Crippen LogP contribution is -2.41. The number of hydrogen-bond donors (Lipinski definition) is 1. The molecule has 1 saturated heterocycles. The molecule has 2 aromatic rings. The van der Waals surface area contributed by atoms with Gasteiger partial charge >= 0.3 is 5.97 Å². The van der Waals surface area contributed by atoms with Crippen molar-refractivity contribution < 1.29 is 31.9 Å². The standard InChI is InChI=1S/C14H14FNO6S/c1-21-14(18)11-6-10(17)7-16(11)23(19,20)13-5-8-4-9(15)2-3-12(8)22-13/h2-5,10-11,17H,6-7H2,1H3/t10-,11+/m1/s1. The van der Waals surface area contributed by atoms with Gasteiger partial charge in [0.15, 0.2) is 0 Å². The monoisotopic (exact) mass is 343 g/mol. The Labute approximate surface area is 131 Å². The van der Waals surface area contributed by atoms with Crippen molar-refractivity contribution in [2.75, 3.05) is 13.7 Å². The summed E-state index contributed by atoms with van der Waals surface area (Å²) in [5.41, 5.74) is 0.208. The summed E-state index contributed by atoms with van der Waals surface area (Å²) in [7, 11) is -3.03. The fourth-order valence-electron chi connectivity index (χ4n) is 2.63. The van der Waals surface area contributed by atoms with E-state index in [2.05, 4.69) is 4.74 Å². The molecule has 1 aliphatic heterocycles. The zero-order valence-electron chi connectivity index (χ0n) is 12.1. The minimum absolute atomic E-state index is 0.0548. The van der Waals surface area contributed by atoms with Gasteiger partial charge in [0, 0.05) is 24.4 Å². The first kappa shape index (κ1) is 15.9. The number of halogens is 1. The van der Waals surface area contributed by atoms with E-state index in [0.29, 0.717) is 0 Å². The molecule has 1 aromatic heterocycles. The highest BCUT2D eigenvalue weighted by atomic mass is 32.2. The minimum atomic E-state index is -4.17. The molecule has 0 spiro atoms. The number of fused-ring (bicyclic) bond motifs is 1. The molecule has 0 saturated carbocycles. The molecular formula is C14H14FNO6S. The fourth-order valence-corrected chi connectivity index (χ4v) is 4.21. The molecule has 0 bridgehead atoms. The van der Waals surface area contributed by atoms with Crippen molar-refractivity contribution in [1.82, 2.24) is 4.31 Å². The third-order valence-corrected chi connectivity index (χ3v) is 5.46. The summed E-state index contributed by atoms with van der Waals surface area (Å²) in [6, 6.07) is 3.69. The fraction of sp³-hybridized carbons (Fsp3) is 0.357. The van der Waals surface area contributed by atoms with Crippen LogP contribution in [-0.2, 0) is 19.6 Å². The predicted octanol–water partition coefficient (Wildman–Crippen LogP) is 0.869. The second kappa shape index (κ2) is 5.59. The van der Waals surface area contributed by atoms with E-state index in [-0.39, 0.29) is 23.9 Å². The molecule has 0 radical (unpaired) electrons. The SMILES string of the molecule is COC(=O)[C@@H]1C[C@@H](O)CN1S(=O)(=O)c1cc2cc(F)ccc2o1. The van der Waals surface area contributed by atoms with Crippen LogP contribution in [0, 0.1) is 5.82 Å². The van der Waals surface area contributed by atoms with Crippen molar-refractivity contribution in [2.45, 2.75) is 23.7 Å². The maximum absolute atomic E-state index is 13.2. The number of benzene rings is 1. The Hall–Kier alpha value is -1.97. The first-order valence-corrected chi connectivity index (χ1v) is 8.24. The van der Waals surface area contributed by atoms with Crippen molar-refractivity contribution in [3.8, 4) is 0 Å². The van der Waals surface area contributed by atoms with Crippen LogP contribution in [0.1, 0.15) is 6.42 Å². The molecular weight excluding hydrogens is 329 g/mol. The number of rotatable bonds is 3. The molecule has 1 aliphatic rings. The summed E-state index contributed by atoms with van der Waals surface area (Å²) < 4.78 is 49.3. The number of nitrogens with zero attached hydrogens (tertiary/aromatic N) is 1. The number of esters is 1. The smallest absolute Gasteiger partial charge is 0.324 e. The molecule has 3 rings (SSSR count). The van der Waals surface area contributed by atoms with Gasteiger partial charge in [-0.15, -0.1) is 0 Å². The summed E-state index contributed by atoms with van der Waals surface area (Å²) in [6.07, 6.45) is -1.03. The van der Waals surface area contributed by atoms with E-state index in [0.717, 1.165) is 23.5 Å². The minimum Gasteiger partial charge on any atom is -0.468 e. The molecule has 1 aromatic carbocycles. The Balaban J connectivity index is 2.03. The van der Waals surface area contributed by atoms with Crippen LogP contribution in [0.4, 0.5) is 4.39 Å². The Morgan fingerprint density at radius 1 is 1.43 bits per heavy atom. The molecule has 1 N–H and O–H groups in total. The van der Waals surface area contributed by atoms with E-state index < -0.39 is 39.0 Å². The topological polar surface area (TPSA) is 97.0 Å². The van der Waals surface area contributed by atoms with Gasteiger partial charge < -0.3 is 14.3 Å². The van der Waals surface area contributed by atoms with Crippen LogP contribution in [-0.4, -0.2) is 49.6 Å². The lowest BCUT2D eigenvalue weighted by molar-refractivity contribution is -0.144. The summed E-state index contributed by atoms with van der Waals surface area (Å²) in [5.74, 6) is -1.28. The summed E-state index contributed by atoms with van der Waals surface area (Å²) in [6.45, 7) is -0.243. The van der Waals surface area contributed by atoms with Gasteiger partial charge in [-0.2, -0.15) is 4.31 Å². The molecule has 9 heteroatoms. The number of furan rings is 1. The second-order valence-electron chi connectivity index (χ2n) is 5.25. The Bertz CT molecular complexity index is 861. The highest BCUT2D eigenvalue weighted by molar-refractivity contribution is 7.89. The lowest BCUT2D eigenvalue weighted by Gasteiger charge is -2.20. The van der Waals surface area contributed by atoms with Crippen molar-refractivity contribution in [3.63, 3.8) is 0 Å². The van der Waals surface area contributed by atoms with E-state index in [4.69, 9.17) is 4.42 Å². The zero-order chi connectivity index (χ0) is 16.8. The quantitative estimate of drug-likeness (QED) is 0.831. The number of carbonyl (C=O) groups is 1. The lowest BCUT2D eigenvalue weighted by atomic mass is 10.2. The van der Waals surface area contributed by atoms with Crippen LogP contribution in [0.2, 0.25) is 0 Å². The first-order valence-electron chi connectivity index (χ1n) is 6.80. The van der Waals surface area contributed by atoms with Crippen LogP contribution in [0.3, 0.4) is 0 Å². The Morgan fingerprint density at radius 2 is 2.17 bits per heavy atom. The molecule has 2 heterocycles. The van der Waals surface area contributed by atoms with E-state index in [1.54, 1.807) is 0 Å². The van der Waals surface area contributed by atoms with Crippen LogP contribution < -0.4 is 0 Å². The number of sulfonamides is 1. The van der Waals surface area contributed by atoms with Crippen LogP contribution >= 0.6 is 0 Å². The third kappa shape index (κ3) is 2.71. The van der Waals surface area contributed by atoms with E-state index >= 15 is 0 Å². The third-order valence-electron chi connectivity index (χ3n) is 3.73. The molecule has 2 atom stereocenters. The predicted molar refractivity (Wildman–Crippen MR) is 76.5 cm³/mol. The number of methoxy groups -OCH3 is 1. The van der Waals surface area contributed by atoms with Crippen molar-refractivity contribution >= 4 is 27.0 Å². The largest absolute Gasteiger partial charge is 0.468 e. The highest BCUT2D eigenvalue weighted by Crippen LogP contribution is 2.30. The second-order valence-corrected chi connectivity index (χ2v) is 7.07. The summed E-state index contributed by atoms with van der Waals surface area (Å²) in [5, 5.41) is 9.58. The maximum atomic E-state index is 13.2. The van der Waals surface area contributed by atoms with Crippen molar-refractivity contribution in [3.05, 3.63) is 30.1 Å². The molecule has 0 unspecified atom stereocenters. The molecule has 23 heavy (non-hydrogen) atoms. The van der Waals surface area contributed by atoms with E-state index in [1.165, 1.54) is 12.1 Å². The Kier molecular flexibility index (Phi) is 3.86. The molecule has 7 nitrogen and oxygen atoms in total. The molecule has 1 fully saturated rings. The van der Waals surface area contributed by atoms with Gasteiger partial charge in [0.05, 0.1) is 13.2 Å². The average Bonchev–Trinajstić information content (AvgIpc) is 3.10. The molecule has 0 aliphatic carbocycles. The summed E-state index contributed by atoms with van der Waals surface area (Å²) >= 11 is 0. The average molecular weight is 343 g/mol. The van der Waals surface area contributed by atoms with Crippen LogP contribution in [0.25, 0.3) is 11.0 Å². The number of aliphatic hydroxyl groups excluding tert-OH is 1. The Morgan fingerprint density at radius 3 is 2.87 bits per heavy atom.